The fourth-order valence-corrected chi connectivity index (χ4v) is 2.97. The van der Waals surface area contributed by atoms with Crippen LogP contribution in [0.3, 0.4) is 0 Å². The fraction of sp³-hybridized carbons (Fsp3) is 0.316. The number of benzene rings is 1. The summed E-state index contributed by atoms with van der Waals surface area (Å²) in [5.41, 5.74) is 2.47. The summed E-state index contributed by atoms with van der Waals surface area (Å²) in [5, 5.41) is 13.1. The molecule has 1 aromatic carbocycles. The minimum atomic E-state index is -0.560. The average Bonchev–Trinajstić information content (AvgIpc) is 2.94. The Morgan fingerprint density at radius 3 is 2.59 bits per heavy atom. The zero-order valence-electron chi connectivity index (χ0n) is 15.4. The van der Waals surface area contributed by atoms with E-state index in [1.165, 1.54) is 6.33 Å². The average molecular weight is 389 g/mol. The smallest absolute Gasteiger partial charge is 0.412 e. The number of ether oxygens (including phenoxy) is 1. The molecule has 0 unspecified atom stereocenters. The van der Waals surface area contributed by atoms with E-state index in [1.807, 2.05) is 43.7 Å². The van der Waals surface area contributed by atoms with E-state index in [1.54, 1.807) is 12.1 Å². The SMILES string of the molecule is CC(C)(C)OC(=O)Nc1ccc(-c2cn(CCO)c3ncnc(Cl)c23)cc1. The molecule has 0 spiro atoms. The largest absolute Gasteiger partial charge is 0.444 e. The van der Waals surface area contributed by atoms with Gasteiger partial charge in [0.25, 0.3) is 0 Å². The number of nitrogens with zero attached hydrogens (tertiary/aromatic N) is 3. The van der Waals surface area contributed by atoms with Crippen molar-refractivity contribution in [3.63, 3.8) is 0 Å². The van der Waals surface area contributed by atoms with Crippen molar-refractivity contribution in [2.75, 3.05) is 11.9 Å². The van der Waals surface area contributed by atoms with Gasteiger partial charge in [-0.15, -0.1) is 0 Å². The number of rotatable bonds is 4. The molecule has 3 aromatic rings. The first-order valence-electron chi connectivity index (χ1n) is 8.49. The van der Waals surface area contributed by atoms with E-state index in [-0.39, 0.29) is 6.61 Å². The van der Waals surface area contributed by atoms with Gasteiger partial charge in [-0.25, -0.2) is 14.8 Å². The Kier molecular flexibility index (Phi) is 5.34. The van der Waals surface area contributed by atoms with Crippen LogP contribution in [0.4, 0.5) is 10.5 Å². The van der Waals surface area contributed by atoms with Crippen molar-refractivity contribution < 1.29 is 14.6 Å². The number of aromatic nitrogens is 3. The second-order valence-electron chi connectivity index (χ2n) is 7.03. The van der Waals surface area contributed by atoms with Crippen molar-refractivity contribution in [2.45, 2.75) is 32.9 Å². The predicted octanol–water partition coefficient (Wildman–Crippen LogP) is 4.09. The predicted molar refractivity (Wildman–Crippen MR) is 105 cm³/mol. The van der Waals surface area contributed by atoms with E-state index in [0.29, 0.717) is 23.0 Å². The molecule has 2 N–H and O–H groups in total. The fourth-order valence-electron chi connectivity index (χ4n) is 2.74. The number of carbonyl (C=O) groups excluding carboxylic acids is 1. The van der Waals surface area contributed by atoms with E-state index < -0.39 is 11.7 Å². The number of carbonyl (C=O) groups is 1. The highest BCUT2D eigenvalue weighted by Crippen LogP contribution is 2.34. The maximum atomic E-state index is 11.9. The molecule has 0 aliphatic heterocycles. The third-order valence-corrected chi connectivity index (χ3v) is 4.08. The summed E-state index contributed by atoms with van der Waals surface area (Å²) in [5.74, 6) is 0. The molecular formula is C19H21ClN4O3. The lowest BCUT2D eigenvalue weighted by Gasteiger charge is -2.19. The lowest BCUT2D eigenvalue weighted by atomic mass is 10.1. The van der Waals surface area contributed by atoms with E-state index in [2.05, 4.69) is 15.3 Å². The van der Waals surface area contributed by atoms with Crippen molar-refractivity contribution >= 4 is 34.4 Å². The molecule has 27 heavy (non-hydrogen) atoms. The summed E-state index contributed by atoms with van der Waals surface area (Å²) < 4.78 is 7.09. The highest BCUT2D eigenvalue weighted by molar-refractivity contribution is 6.35. The van der Waals surface area contributed by atoms with Gasteiger partial charge >= 0.3 is 6.09 Å². The van der Waals surface area contributed by atoms with Crippen LogP contribution in [0, 0.1) is 0 Å². The number of hydrogen-bond acceptors (Lipinski definition) is 5. The first-order valence-corrected chi connectivity index (χ1v) is 8.87. The Hall–Kier alpha value is -2.64. The number of amides is 1. The minimum absolute atomic E-state index is 0.0103. The van der Waals surface area contributed by atoms with Gasteiger partial charge < -0.3 is 14.4 Å². The molecule has 0 saturated heterocycles. The van der Waals surface area contributed by atoms with Crippen LogP contribution in [-0.2, 0) is 11.3 Å². The Labute approximate surface area is 162 Å². The van der Waals surface area contributed by atoms with Gasteiger partial charge in [-0.05, 0) is 38.5 Å². The second-order valence-corrected chi connectivity index (χ2v) is 7.39. The Balaban J connectivity index is 1.90. The molecule has 2 aromatic heterocycles. The topological polar surface area (TPSA) is 89.3 Å². The van der Waals surface area contributed by atoms with Crippen LogP contribution in [0.1, 0.15) is 20.8 Å². The third-order valence-electron chi connectivity index (χ3n) is 3.79. The van der Waals surface area contributed by atoms with Crippen LogP contribution >= 0.6 is 11.6 Å². The van der Waals surface area contributed by atoms with Gasteiger partial charge in [0, 0.05) is 24.0 Å². The van der Waals surface area contributed by atoms with Crippen molar-refractivity contribution in [3.05, 3.63) is 41.9 Å². The first kappa shape index (κ1) is 19.1. The van der Waals surface area contributed by atoms with Gasteiger partial charge in [0.2, 0.25) is 0 Å². The number of anilines is 1. The molecule has 8 heteroatoms. The number of hydrogen-bond donors (Lipinski definition) is 2. The van der Waals surface area contributed by atoms with E-state index >= 15 is 0 Å². The van der Waals surface area contributed by atoms with Crippen LogP contribution in [0.15, 0.2) is 36.8 Å². The number of fused-ring (bicyclic) bond motifs is 1. The quantitative estimate of drug-likeness (QED) is 0.657. The zero-order chi connectivity index (χ0) is 19.6. The van der Waals surface area contributed by atoms with Crippen molar-refractivity contribution in [1.29, 1.82) is 0 Å². The summed E-state index contributed by atoms with van der Waals surface area (Å²) in [6.45, 7) is 5.82. The molecule has 0 saturated carbocycles. The maximum absolute atomic E-state index is 11.9. The molecular weight excluding hydrogens is 368 g/mol. The van der Waals surface area contributed by atoms with Crippen LogP contribution in [-0.4, -0.2) is 37.9 Å². The normalized spacial score (nSPS) is 11.6. The van der Waals surface area contributed by atoms with Gasteiger partial charge in [-0.3, -0.25) is 5.32 Å². The molecule has 3 rings (SSSR count). The number of nitrogens with one attached hydrogen (secondary N) is 1. The van der Waals surface area contributed by atoms with E-state index in [4.69, 9.17) is 16.3 Å². The molecule has 1 amide bonds. The van der Waals surface area contributed by atoms with E-state index in [0.717, 1.165) is 16.5 Å². The van der Waals surface area contributed by atoms with Gasteiger partial charge in [0.1, 0.15) is 22.7 Å². The monoisotopic (exact) mass is 388 g/mol. The number of aliphatic hydroxyl groups is 1. The summed E-state index contributed by atoms with van der Waals surface area (Å²) in [4.78, 5) is 20.2. The minimum Gasteiger partial charge on any atom is -0.444 e. The molecule has 0 bridgehead atoms. The number of halogens is 1. The molecule has 142 valence electrons. The van der Waals surface area contributed by atoms with Gasteiger partial charge in [0.05, 0.1) is 12.0 Å². The molecule has 0 radical (unpaired) electrons. The Morgan fingerprint density at radius 1 is 1.26 bits per heavy atom. The van der Waals surface area contributed by atoms with Gasteiger partial charge in [-0.2, -0.15) is 0 Å². The summed E-state index contributed by atoms with van der Waals surface area (Å²) in [6, 6.07) is 7.31. The molecule has 0 atom stereocenters. The zero-order valence-corrected chi connectivity index (χ0v) is 16.1. The van der Waals surface area contributed by atoms with Gasteiger partial charge in [-0.1, -0.05) is 23.7 Å². The lowest BCUT2D eigenvalue weighted by molar-refractivity contribution is 0.0636. The Bertz CT molecular complexity index is 961. The first-order chi connectivity index (χ1) is 12.8. The molecule has 0 fully saturated rings. The highest BCUT2D eigenvalue weighted by Gasteiger charge is 2.17. The molecule has 2 heterocycles. The van der Waals surface area contributed by atoms with Crippen molar-refractivity contribution in [3.8, 4) is 11.1 Å². The summed E-state index contributed by atoms with van der Waals surface area (Å²) >= 11 is 6.29. The van der Waals surface area contributed by atoms with Gasteiger partial charge in [0.15, 0.2) is 0 Å². The van der Waals surface area contributed by atoms with Crippen LogP contribution in [0.5, 0.6) is 0 Å². The summed E-state index contributed by atoms with van der Waals surface area (Å²) in [6.07, 6.45) is 2.78. The number of aliphatic hydroxyl groups excluding tert-OH is 1. The molecule has 7 nitrogen and oxygen atoms in total. The molecule has 0 aliphatic rings. The third kappa shape index (κ3) is 4.37. The summed E-state index contributed by atoms with van der Waals surface area (Å²) in [7, 11) is 0. The second kappa shape index (κ2) is 7.54. The lowest BCUT2D eigenvalue weighted by Crippen LogP contribution is -2.27. The Morgan fingerprint density at radius 2 is 1.96 bits per heavy atom. The maximum Gasteiger partial charge on any atom is 0.412 e. The van der Waals surface area contributed by atoms with Crippen LogP contribution in [0.2, 0.25) is 5.15 Å². The van der Waals surface area contributed by atoms with Crippen LogP contribution in [0.25, 0.3) is 22.2 Å². The van der Waals surface area contributed by atoms with E-state index in [9.17, 15) is 9.90 Å². The highest BCUT2D eigenvalue weighted by atomic mass is 35.5. The van der Waals surface area contributed by atoms with Crippen LogP contribution < -0.4 is 5.32 Å². The standard InChI is InChI=1S/C19H21ClN4O3/c1-19(2,3)27-18(26)23-13-6-4-12(5-7-13)14-10-24(8-9-25)17-15(14)16(20)21-11-22-17/h4-7,10-11,25H,8-9H2,1-3H3,(H,23,26). The van der Waals surface area contributed by atoms with Crippen molar-refractivity contribution in [1.82, 2.24) is 14.5 Å². The molecule has 0 aliphatic carbocycles. The van der Waals surface area contributed by atoms with Crippen molar-refractivity contribution in [2.24, 2.45) is 0 Å².